The molecule has 1 aliphatic heterocycles. The number of rotatable bonds is 12. The quantitative estimate of drug-likeness (QED) is 0.226. The molecule has 3 aliphatic rings. The van der Waals surface area contributed by atoms with Crippen molar-refractivity contribution in [2.45, 2.75) is 121 Å². The molecule has 1 N–H and O–H groups in total. The number of nitrogens with zero attached hydrogens (tertiary/aromatic N) is 1. The number of anilines is 1. The van der Waals surface area contributed by atoms with E-state index in [1.165, 1.54) is 106 Å². The van der Waals surface area contributed by atoms with E-state index in [9.17, 15) is 0 Å². The molecule has 0 aromatic heterocycles. The topological polar surface area (TPSA) is 15.3 Å². The van der Waals surface area contributed by atoms with Crippen molar-refractivity contribution in [3.63, 3.8) is 0 Å². The second kappa shape index (κ2) is 12.7. The molecule has 3 aromatic carbocycles. The normalized spacial score (nSPS) is 25.0. The van der Waals surface area contributed by atoms with E-state index in [-0.39, 0.29) is 5.54 Å². The first-order valence-electron chi connectivity index (χ1n) is 16.8. The van der Waals surface area contributed by atoms with Crippen molar-refractivity contribution >= 4 is 5.69 Å². The molecule has 3 aromatic rings. The highest BCUT2D eigenvalue weighted by atomic mass is 15.1. The molecule has 1 heterocycles. The lowest BCUT2D eigenvalue weighted by molar-refractivity contribution is 0.0514. The van der Waals surface area contributed by atoms with E-state index >= 15 is 0 Å². The van der Waals surface area contributed by atoms with Crippen molar-refractivity contribution in [2.75, 3.05) is 11.9 Å². The highest BCUT2D eigenvalue weighted by molar-refractivity contribution is 5.67. The second-order valence-electron chi connectivity index (χ2n) is 13.8. The molecule has 3 atom stereocenters. The average Bonchev–Trinajstić information content (AvgIpc) is 3.28. The van der Waals surface area contributed by atoms with Crippen LogP contribution in [0, 0.1) is 5.92 Å². The number of benzene rings is 3. The van der Waals surface area contributed by atoms with Gasteiger partial charge in [0.25, 0.3) is 0 Å². The Labute approximate surface area is 250 Å². The summed E-state index contributed by atoms with van der Waals surface area (Å²) in [4.78, 5) is 2.65. The Bertz CT molecular complexity index is 1210. The SMILES string of the molecule is CC(C)c1ccc2c(c1)C13CCCCC1CCCC3(CCCCCCN(Cc1ccccc1)Cc1ccccc1)N2. The minimum atomic E-state index is 0.279. The van der Waals surface area contributed by atoms with Crippen LogP contribution in [0.4, 0.5) is 5.69 Å². The Hall–Kier alpha value is -2.58. The van der Waals surface area contributed by atoms with Crippen LogP contribution in [-0.4, -0.2) is 17.0 Å². The average molecular weight is 549 g/mol. The summed E-state index contributed by atoms with van der Waals surface area (Å²) in [6.07, 6.45) is 16.5. The van der Waals surface area contributed by atoms with Crippen molar-refractivity contribution in [3.8, 4) is 0 Å². The van der Waals surface area contributed by atoms with Crippen LogP contribution >= 0.6 is 0 Å². The van der Waals surface area contributed by atoms with Crippen molar-refractivity contribution in [1.82, 2.24) is 4.90 Å². The fraction of sp³-hybridized carbons (Fsp3) is 0.538. The van der Waals surface area contributed by atoms with Crippen molar-refractivity contribution < 1.29 is 0 Å². The van der Waals surface area contributed by atoms with E-state index in [0.29, 0.717) is 11.3 Å². The standard InChI is InChI=1S/C39H52N2/c1-31(2)34-22-23-37-36(28-34)39-26-13-11-20-35(39)21-15-25-38(39,40-37)24-12-3-4-14-27-41(29-32-16-7-5-8-17-32)30-33-18-9-6-10-19-33/h5-10,16-19,22-23,28,31,35,40H,3-4,11-15,20-21,24-27,29-30H2,1-2H3. The molecule has 0 radical (unpaired) electrons. The van der Waals surface area contributed by atoms with E-state index in [2.05, 4.69) is 103 Å². The van der Waals surface area contributed by atoms with Crippen molar-refractivity contribution in [1.29, 1.82) is 0 Å². The molecular formula is C39H52N2. The number of hydrogen-bond donors (Lipinski definition) is 1. The molecule has 0 saturated heterocycles. The summed E-state index contributed by atoms with van der Waals surface area (Å²) >= 11 is 0. The van der Waals surface area contributed by atoms with E-state index in [0.717, 1.165) is 19.0 Å². The van der Waals surface area contributed by atoms with Gasteiger partial charge in [0, 0.05) is 29.7 Å². The number of unbranched alkanes of at least 4 members (excludes halogenated alkanes) is 3. The Balaban J connectivity index is 1.09. The van der Waals surface area contributed by atoms with E-state index in [1.54, 1.807) is 5.56 Å². The van der Waals surface area contributed by atoms with E-state index in [4.69, 9.17) is 0 Å². The molecule has 2 nitrogen and oxygen atoms in total. The molecule has 2 saturated carbocycles. The minimum Gasteiger partial charge on any atom is -0.378 e. The Kier molecular flexibility index (Phi) is 8.87. The highest BCUT2D eigenvalue weighted by Crippen LogP contribution is 2.64. The second-order valence-corrected chi connectivity index (χ2v) is 13.8. The first-order chi connectivity index (χ1) is 20.1. The van der Waals surface area contributed by atoms with Crippen LogP contribution in [-0.2, 0) is 18.5 Å². The minimum absolute atomic E-state index is 0.279. The third-order valence-electron chi connectivity index (χ3n) is 11.0. The Morgan fingerprint density at radius 1 is 0.756 bits per heavy atom. The van der Waals surface area contributed by atoms with Crippen LogP contribution in [0.5, 0.6) is 0 Å². The zero-order chi connectivity index (χ0) is 28.1. The van der Waals surface area contributed by atoms with Crippen LogP contribution in [0.1, 0.15) is 119 Å². The molecule has 41 heavy (non-hydrogen) atoms. The Morgan fingerprint density at radius 3 is 2.15 bits per heavy atom. The van der Waals surface area contributed by atoms with Crippen LogP contribution < -0.4 is 5.32 Å². The maximum atomic E-state index is 4.26. The van der Waals surface area contributed by atoms with Crippen molar-refractivity contribution in [3.05, 3.63) is 101 Å². The van der Waals surface area contributed by atoms with Gasteiger partial charge in [0.15, 0.2) is 0 Å². The molecule has 0 amide bonds. The molecule has 218 valence electrons. The maximum absolute atomic E-state index is 4.26. The third-order valence-corrected chi connectivity index (χ3v) is 11.0. The van der Waals surface area contributed by atoms with Gasteiger partial charge in [-0.25, -0.2) is 0 Å². The summed E-state index contributed by atoms with van der Waals surface area (Å²) in [7, 11) is 0. The number of nitrogens with one attached hydrogen (secondary N) is 1. The number of fused-ring (bicyclic) bond motifs is 1. The van der Waals surface area contributed by atoms with E-state index in [1.807, 2.05) is 0 Å². The van der Waals surface area contributed by atoms with Crippen LogP contribution in [0.15, 0.2) is 78.9 Å². The molecule has 1 spiro atoms. The van der Waals surface area contributed by atoms with Gasteiger partial charge in [-0.15, -0.1) is 0 Å². The molecule has 2 aliphatic carbocycles. The lowest BCUT2D eigenvalue weighted by Gasteiger charge is -2.57. The summed E-state index contributed by atoms with van der Waals surface area (Å²) in [5, 5.41) is 4.26. The van der Waals surface area contributed by atoms with Crippen molar-refractivity contribution in [2.24, 2.45) is 5.92 Å². The predicted molar refractivity (Wildman–Crippen MR) is 174 cm³/mol. The summed E-state index contributed by atoms with van der Waals surface area (Å²) in [6, 6.07) is 29.5. The van der Waals surface area contributed by atoms with E-state index < -0.39 is 0 Å². The smallest absolute Gasteiger partial charge is 0.0473 e. The van der Waals surface area contributed by atoms with Gasteiger partial charge in [0.2, 0.25) is 0 Å². The van der Waals surface area contributed by atoms with Gasteiger partial charge in [0.1, 0.15) is 0 Å². The van der Waals surface area contributed by atoms with Gasteiger partial charge in [-0.05, 0) is 85.2 Å². The maximum Gasteiger partial charge on any atom is 0.0473 e. The fourth-order valence-corrected chi connectivity index (χ4v) is 9.01. The third kappa shape index (κ3) is 5.87. The molecule has 2 fully saturated rings. The molecule has 0 bridgehead atoms. The first kappa shape index (κ1) is 28.5. The zero-order valence-electron chi connectivity index (χ0n) is 25.7. The summed E-state index contributed by atoms with van der Waals surface area (Å²) in [6.45, 7) is 7.94. The molecule has 3 unspecified atom stereocenters. The lowest BCUT2D eigenvalue weighted by Crippen LogP contribution is -2.59. The highest BCUT2D eigenvalue weighted by Gasteiger charge is 2.62. The fourth-order valence-electron chi connectivity index (χ4n) is 9.01. The van der Waals surface area contributed by atoms with Gasteiger partial charge in [-0.1, -0.05) is 125 Å². The van der Waals surface area contributed by atoms with Crippen LogP contribution in [0.25, 0.3) is 0 Å². The van der Waals surface area contributed by atoms with Gasteiger partial charge in [0.05, 0.1) is 0 Å². The first-order valence-corrected chi connectivity index (χ1v) is 16.8. The summed E-state index contributed by atoms with van der Waals surface area (Å²) in [5.74, 6) is 1.46. The predicted octanol–water partition coefficient (Wildman–Crippen LogP) is 10.2. The molecule has 2 heteroatoms. The van der Waals surface area contributed by atoms with Gasteiger partial charge >= 0.3 is 0 Å². The van der Waals surface area contributed by atoms with Gasteiger partial charge in [-0.3, -0.25) is 4.90 Å². The monoisotopic (exact) mass is 548 g/mol. The Morgan fingerprint density at radius 2 is 1.44 bits per heavy atom. The van der Waals surface area contributed by atoms with Gasteiger partial charge < -0.3 is 5.32 Å². The lowest BCUT2D eigenvalue weighted by atomic mass is 9.49. The summed E-state index contributed by atoms with van der Waals surface area (Å²) < 4.78 is 0. The zero-order valence-corrected chi connectivity index (χ0v) is 25.7. The molecule has 6 rings (SSSR count). The molecular weight excluding hydrogens is 496 g/mol. The van der Waals surface area contributed by atoms with Gasteiger partial charge in [-0.2, -0.15) is 0 Å². The summed E-state index contributed by atoms with van der Waals surface area (Å²) in [5.41, 5.74) is 8.18. The van der Waals surface area contributed by atoms with Crippen LogP contribution in [0.3, 0.4) is 0 Å². The largest absolute Gasteiger partial charge is 0.378 e. The van der Waals surface area contributed by atoms with Crippen LogP contribution in [0.2, 0.25) is 0 Å². The number of hydrogen-bond acceptors (Lipinski definition) is 2.